The van der Waals surface area contributed by atoms with Crippen molar-refractivity contribution >= 4 is 11.6 Å². The number of aryl methyl sites for hydroxylation is 1. The average molecular weight is 386 g/mol. The molecule has 3 rings (SSSR count). The largest absolute Gasteiger partial charge is 0.491 e. The maximum Gasteiger partial charge on any atom is 0.119 e. The summed E-state index contributed by atoms with van der Waals surface area (Å²) < 4.78 is 11.2. The summed E-state index contributed by atoms with van der Waals surface area (Å²) in [6.45, 7) is 4.02. The van der Waals surface area contributed by atoms with Gasteiger partial charge in [0.2, 0.25) is 0 Å². The van der Waals surface area contributed by atoms with Crippen LogP contribution in [0.25, 0.3) is 0 Å². The van der Waals surface area contributed by atoms with Crippen LogP contribution in [-0.4, -0.2) is 29.3 Å². The zero-order chi connectivity index (χ0) is 19.1. The highest BCUT2D eigenvalue weighted by atomic mass is 35.5. The van der Waals surface area contributed by atoms with Crippen molar-refractivity contribution in [2.45, 2.75) is 26.1 Å². The summed E-state index contributed by atoms with van der Waals surface area (Å²) in [6, 6.07) is 19.3. The Morgan fingerprint density at radius 2 is 1.78 bits per heavy atom. The minimum absolute atomic E-state index is 0.234. The summed E-state index contributed by atoms with van der Waals surface area (Å²) in [4.78, 5) is 2.13. The Bertz CT molecular complexity index is 801. The number of benzene rings is 2. The summed E-state index contributed by atoms with van der Waals surface area (Å²) in [6.07, 6.45) is 1.04. The Hall–Kier alpha value is -2.27. The molecule has 2 aromatic carbocycles. The van der Waals surface area contributed by atoms with E-state index < -0.39 is 6.10 Å². The zero-order valence-corrected chi connectivity index (χ0v) is 16.1. The normalized spacial score (nSPS) is 12.3. The molecule has 0 saturated carbocycles. The number of aliphatic hydroxyl groups excluding tert-OH is 1. The molecule has 1 aromatic heterocycles. The van der Waals surface area contributed by atoms with Crippen molar-refractivity contribution in [1.29, 1.82) is 0 Å². The van der Waals surface area contributed by atoms with Gasteiger partial charge in [-0.25, -0.2) is 0 Å². The first-order chi connectivity index (χ1) is 13.1. The monoisotopic (exact) mass is 385 g/mol. The van der Waals surface area contributed by atoms with E-state index in [1.165, 1.54) is 5.56 Å². The first-order valence-corrected chi connectivity index (χ1v) is 9.33. The topological polar surface area (TPSA) is 45.8 Å². The van der Waals surface area contributed by atoms with E-state index in [-0.39, 0.29) is 6.61 Å². The van der Waals surface area contributed by atoms with Gasteiger partial charge in [-0.15, -0.1) is 0 Å². The predicted octanol–water partition coefficient (Wildman–Crippen LogP) is 4.68. The van der Waals surface area contributed by atoms with Crippen molar-refractivity contribution < 1.29 is 14.3 Å². The molecule has 0 spiro atoms. The van der Waals surface area contributed by atoms with E-state index in [1.807, 2.05) is 67.6 Å². The van der Waals surface area contributed by atoms with Gasteiger partial charge in [0.05, 0.1) is 12.8 Å². The van der Waals surface area contributed by atoms with Gasteiger partial charge in [-0.05, 0) is 48.9 Å². The molecular formula is C22H24ClNO3. The number of hydrogen-bond donors (Lipinski definition) is 1. The maximum atomic E-state index is 10.5. The number of rotatable bonds is 9. The Morgan fingerprint density at radius 3 is 2.44 bits per heavy atom. The van der Waals surface area contributed by atoms with Gasteiger partial charge in [-0.2, -0.15) is 0 Å². The van der Waals surface area contributed by atoms with Gasteiger partial charge in [0.25, 0.3) is 0 Å². The predicted molar refractivity (Wildman–Crippen MR) is 107 cm³/mol. The third-order valence-corrected chi connectivity index (χ3v) is 4.46. The van der Waals surface area contributed by atoms with Crippen LogP contribution in [0, 0.1) is 6.92 Å². The molecule has 1 N–H and O–H groups in total. The molecule has 0 amide bonds. The lowest BCUT2D eigenvalue weighted by Gasteiger charge is -2.24. The van der Waals surface area contributed by atoms with Crippen molar-refractivity contribution in [3.8, 4) is 5.75 Å². The molecule has 0 aliphatic rings. The second-order valence-corrected chi connectivity index (χ2v) is 7.09. The van der Waals surface area contributed by atoms with Gasteiger partial charge < -0.3 is 14.3 Å². The molecule has 0 unspecified atom stereocenters. The number of aliphatic hydroxyl groups is 1. The van der Waals surface area contributed by atoms with Gasteiger partial charge in [-0.3, -0.25) is 4.90 Å². The van der Waals surface area contributed by atoms with Crippen LogP contribution in [0.1, 0.15) is 16.9 Å². The highest BCUT2D eigenvalue weighted by Crippen LogP contribution is 2.15. The third kappa shape index (κ3) is 6.43. The fourth-order valence-electron chi connectivity index (χ4n) is 2.83. The minimum Gasteiger partial charge on any atom is -0.491 e. The summed E-state index contributed by atoms with van der Waals surface area (Å²) >= 11 is 5.97. The van der Waals surface area contributed by atoms with Crippen LogP contribution in [-0.2, 0) is 13.1 Å². The highest BCUT2D eigenvalue weighted by Gasteiger charge is 2.15. The summed E-state index contributed by atoms with van der Waals surface area (Å²) in [7, 11) is 0. The van der Waals surface area contributed by atoms with E-state index in [0.717, 1.165) is 17.1 Å². The van der Waals surface area contributed by atoms with E-state index in [1.54, 1.807) is 6.26 Å². The van der Waals surface area contributed by atoms with Gasteiger partial charge in [-0.1, -0.05) is 41.4 Å². The van der Waals surface area contributed by atoms with Crippen LogP contribution >= 0.6 is 11.6 Å². The average Bonchev–Trinajstić information content (AvgIpc) is 3.16. The van der Waals surface area contributed by atoms with E-state index in [0.29, 0.717) is 24.7 Å². The lowest BCUT2D eigenvalue weighted by molar-refractivity contribution is 0.0604. The number of halogens is 1. The van der Waals surface area contributed by atoms with Crippen LogP contribution in [0.15, 0.2) is 71.3 Å². The molecule has 0 aliphatic carbocycles. The fourth-order valence-corrected chi connectivity index (χ4v) is 2.96. The second-order valence-electron chi connectivity index (χ2n) is 6.65. The summed E-state index contributed by atoms with van der Waals surface area (Å²) in [5.74, 6) is 1.62. The molecule has 27 heavy (non-hydrogen) atoms. The molecule has 142 valence electrons. The van der Waals surface area contributed by atoms with Gasteiger partial charge >= 0.3 is 0 Å². The highest BCUT2D eigenvalue weighted by molar-refractivity contribution is 6.30. The van der Waals surface area contributed by atoms with E-state index >= 15 is 0 Å². The van der Waals surface area contributed by atoms with Gasteiger partial charge in [0, 0.05) is 18.1 Å². The first-order valence-electron chi connectivity index (χ1n) is 8.95. The zero-order valence-electron chi connectivity index (χ0n) is 15.3. The van der Waals surface area contributed by atoms with Crippen molar-refractivity contribution in [2.75, 3.05) is 13.2 Å². The molecule has 0 aliphatic heterocycles. The smallest absolute Gasteiger partial charge is 0.119 e. The molecule has 4 nitrogen and oxygen atoms in total. The Morgan fingerprint density at radius 1 is 1.04 bits per heavy atom. The fraction of sp³-hybridized carbons (Fsp3) is 0.273. The Balaban J connectivity index is 1.59. The molecule has 1 atom stereocenters. The molecule has 0 fully saturated rings. The molecule has 1 heterocycles. The number of nitrogens with zero attached hydrogens (tertiary/aromatic N) is 1. The lowest BCUT2D eigenvalue weighted by atomic mass is 10.2. The molecule has 5 heteroatoms. The number of furan rings is 1. The number of hydrogen-bond acceptors (Lipinski definition) is 4. The second kappa shape index (κ2) is 9.60. The van der Waals surface area contributed by atoms with E-state index in [2.05, 4.69) is 4.90 Å². The first kappa shape index (κ1) is 19.5. The van der Waals surface area contributed by atoms with Crippen LogP contribution in [0.4, 0.5) is 0 Å². The summed E-state index contributed by atoms with van der Waals surface area (Å²) in [5, 5.41) is 11.2. The van der Waals surface area contributed by atoms with Crippen molar-refractivity contribution in [3.05, 3.63) is 88.8 Å². The van der Waals surface area contributed by atoms with Crippen LogP contribution in [0.3, 0.4) is 0 Å². The minimum atomic E-state index is -0.617. The quantitative estimate of drug-likeness (QED) is 0.580. The molecular weight excluding hydrogens is 362 g/mol. The number of ether oxygens (including phenoxy) is 1. The third-order valence-electron chi connectivity index (χ3n) is 4.21. The molecule has 0 bridgehead atoms. The van der Waals surface area contributed by atoms with Crippen molar-refractivity contribution in [3.63, 3.8) is 0 Å². The SMILES string of the molecule is Cc1ccc(OC[C@H](O)CN(Cc2ccc(Cl)cc2)Cc2ccco2)cc1. The molecule has 0 radical (unpaired) electrons. The summed E-state index contributed by atoms with van der Waals surface area (Å²) in [5.41, 5.74) is 2.30. The standard InChI is InChI=1S/C22H24ClNO3/c1-17-4-10-21(11-5-17)27-16-20(25)14-24(15-22-3-2-12-26-22)13-18-6-8-19(23)9-7-18/h2-12,20,25H,13-16H2,1H3/t20-/m1/s1. The van der Waals surface area contributed by atoms with Crippen LogP contribution in [0.2, 0.25) is 5.02 Å². The van der Waals surface area contributed by atoms with Crippen molar-refractivity contribution in [1.82, 2.24) is 4.90 Å². The van der Waals surface area contributed by atoms with Crippen LogP contribution < -0.4 is 4.74 Å². The van der Waals surface area contributed by atoms with Gasteiger partial charge in [0.15, 0.2) is 0 Å². The molecule has 0 saturated heterocycles. The molecule has 3 aromatic rings. The van der Waals surface area contributed by atoms with Gasteiger partial charge in [0.1, 0.15) is 24.2 Å². The van der Waals surface area contributed by atoms with E-state index in [9.17, 15) is 5.11 Å². The van der Waals surface area contributed by atoms with Crippen LogP contribution in [0.5, 0.6) is 5.75 Å². The Kier molecular flexibility index (Phi) is 6.93. The Labute approximate surface area is 165 Å². The van der Waals surface area contributed by atoms with Crippen molar-refractivity contribution in [2.24, 2.45) is 0 Å². The lowest BCUT2D eigenvalue weighted by Crippen LogP contribution is -2.35. The van der Waals surface area contributed by atoms with E-state index in [4.69, 9.17) is 20.8 Å². The maximum absolute atomic E-state index is 10.5.